The molecule has 0 unspecified atom stereocenters. The van der Waals surface area contributed by atoms with Crippen molar-refractivity contribution in [3.63, 3.8) is 0 Å². The van der Waals surface area contributed by atoms with E-state index in [0.717, 1.165) is 23.3 Å². The Hall–Kier alpha value is -1.89. The SMILES string of the molecule is CCOC(=O)c1c(NC(=O)CC2(C(=O)O)CCCC2)sc(C)c1C. The van der Waals surface area contributed by atoms with Gasteiger partial charge in [0.25, 0.3) is 0 Å². The highest BCUT2D eigenvalue weighted by molar-refractivity contribution is 7.16. The summed E-state index contributed by atoms with van der Waals surface area (Å²) in [7, 11) is 0. The van der Waals surface area contributed by atoms with Gasteiger partial charge in [0.1, 0.15) is 5.00 Å². The molecule has 1 aliphatic rings. The molecule has 1 aromatic rings. The third kappa shape index (κ3) is 3.61. The van der Waals surface area contributed by atoms with Gasteiger partial charge in [0.05, 0.1) is 17.6 Å². The summed E-state index contributed by atoms with van der Waals surface area (Å²) >= 11 is 1.31. The van der Waals surface area contributed by atoms with Crippen LogP contribution in [0.5, 0.6) is 0 Å². The van der Waals surface area contributed by atoms with E-state index in [2.05, 4.69) is 5.32 Å². The summed E-state index contributed by atoms with van der Waals surface area (Å²) in [6.07, 6.45) is 2.61. The van der Waals surface area contributed by atoms with E-state index in [-0.39, 0.29) is 18.9 Å². The Morgan fingerprint density at radius 1 is 1.25 bits per heavy atom. The van der Waals surface area contributed by atoms with Gasteiger partial charge >= 0.3 is 11.9 Å². The van der Waals surface area contributed by atoms with Crippen LogP contribution in [0.1, 0.15) is 59.8 Å². The first-order valence-electron chi connectivity index (χ1n) is 8.11. The van der Waals surface area contributed by atoms with Gasteiger partial charge in [0.2, 0.25) is 5.91 Å². The van der Waals surface area contributed by atoms with Crippen LogP contribution < -0.4 is 5.32 Å². The number of hydrogen-bond donors (Lipinski definition) is 2. The van der Waals surface area contributed by atoms with Crippen LogP contribution >= 0.6 is 11.3 Å². The van der Waals surface area contributed by atoms with E-state index < -0.39 is 17.4 Å². The molecule has 1 saturated carbocycles. The quantitative estimate of drug-likeness (QED) is 0.763. The molecule has 0 atom stereocenters. The average molecular weight is 353 g/mol. The van der Waals surface area contributed by atoms with Crippen LogP contribution in [0.15, 0.2) is 0 Å². The maximum Gasteiger partial charge on any atom is 0.341 e. The minimum Gasteiger partial charge on any atom is -0.481 e. The highest BCUT2D eigenvalue weighted by atomic mass is 32.1. The monoisotopic (exact) mass is 353 g/mol. The standard InChI is InChI=1S/C17H23NO5S/c1-4-23-15(20)13-10(2)11(3)24-14(13)18-12(19)9-17(16(21)22)7-5-6-8-17/h4-9H2,1-3H3,(H,18,19)(H,21,22). The molecule has 1 aromatic heterocycles. The normalized spacial score (nSPS) is 16.0. The predicted molar refractivity (Wildman–Crippen MR) is 91.5 cm³/mol. The Morgan fingerprint density at radius 2 is 1.88 bits per heavy atom. The first kappa shape index (κ1) is 18.4. The zero-order chi connectivity index (χ0) is 17.9. The number of thiophene rings is 1. The van der Waals surface area contributed by atoms with Crippen molar-refractivity contribution < 1.29 is 24.2 Å². The number of hydrogen-bond acceptors (Lipinski definition) is 5. The molecule has 2 N–H and O–H groups in total. The summed E-state index contributed by atoms with van der Waals surface area (Å²) in [6, 6.07) is 0. The van der Waals surface area contributed by atoms with E-state index in [1.807, 2.05) is 13.8 Å². The molecule has 132 valence electrons. The summed E-state index contributed by atoms with van der Waals surface area (Å²) in [4.78, 5) is 37.0. The van der Waals surface area contributed by atoms with Crippen molar-refractivity contribution in [2.75, 3.05) is 11.9 Å². The third-order valence-corrected chi connectivity index (χ3v) is 5.75. The van der Waals surface area contributed by atoms with Crippen LogP contribution in [-0.4, -0.2) is 29.6 Å². The summed E-state index contributed by atoms with van der Waals surface area (Å²) < 4.78 is 5.06. The van der Waals surface area contributed by atoms with Crippen molar-refractivity contribution in [2.24, 2.45) is 5.41 Å². The molecule has 7 heteroatoms. The lowest BCUT2D eigenvalue weighted by Gasteiger charge is -2.22. The summed E-state index contributed by atoms with van der Waals surface area (Å²) in [6.45, 7) is 5.65. The zero-order valence-electron chi connectivity index (χ0n) is 14.2. The fraction of sp³-hybridized carbons (Fsp3) is 0.588. The van der Waals surface area contributed by atoms with Crippen molar-refractivity contribution in [2.45, 2.75) is 52.9 Å². The molecule has 0 saturated heterocycles. The van der Waals surface area contributed by atoms with Gasteiger partial charge in [0, 0.05) is 11.3 Å². The molecule has 6 nitrogen and oxygen atoms in total. The van der Waals surface area contributed by atoms with E-state index in [4.69, 9.17) is 4.74 Å². The lowest BCUT2D eigenvalue weighted by molar-refractivity contribution is -0.150. The topological polar surface area (TPSA) is 92.7 Å². The number of carbonyl (C=O) groups is 3. The highest BCUT2D eigenvalue weighted by Gasteiger charge is 2.43. The number of ether oxygens (including phenoxy) is 1. The number of aliphatic carboxylic acids is 1. The molecule has 0 aromatic carbocycles. The van der Waals surface area contributed by atoms with E-state index in [1.165, 1.54) is 11.3 Å². The largest absolute Gasteiger partial charge is 0.481 e. The van der Waals surface area contributed by atoms with Crippen molar-refractivity contribution in [1.29, 1.82) is 0 Å². The Kier molecular flexibility index (Phi) is 5.64. The second-order valence-corrected chi connectivity index (χ2v) is 7.45. The first-order chi connectivity index (χ1) is 11.3. The van der Waals surface area contributed by atoms with Crippen LogP contribution in [0.4, 0.5) is 5.00 Å². The molecule has 1 fully saturated rings. The zero-order valence-corrected chi connectivity index (χ0v) is 15.0. The Labute approximate surface area is 145 Å². The van der Waals surface area contributed by atoms with E-state index in [9.17, 15) is 19.5 Å². The van der Waals surface area contributed by atoms with E-state index >= 15 is 0 Å². The van der Waals surface area contributed by atoms with Gasteiger partial charge in [-0.15, -0.1) is 11.3 Å². The van der Waals surface area contributed by atoms with Gasteiger partial charge in [-0.2, -0.15) is 0 Å². The number of amides is 1. The summed E-state index contributed by atoms with van der Waals surface area (Å²) in [5, 5.41) is 12.7. The van der Waals surface area contributed by atoms with E-state index in [0.29, 0.717) is 23.4 Å². The number of aryl methyl sites for hydroxylation is 1. The van der Waals surface area contributed by atoms with Gasteiger partial charge < -0.3 is 15.2 Å². The number of nitrogens with one attached hydrogen (secondary N) is 1. The third-order valence-electron chi connectivity index (χ3n) is 4.63. The van der Waals surface area contributed by atoms with Crippen molar-refractivity contribution in [3.8, 4) is 0 Å². The Balaban J connectivity index is 2.19. The summed E-state index contributed by atoms with van der Waals surface area (Å²) in [5.41, 5.74) is 0.168. The average Bonchev–Trinajstić information content (AvgIpc) is 3.06. The van der Waals surface area contributed by atoms with Gasteiger partial charge in [-0.3, -0.25) is 9.59 Å². The highest BCUT2D eigenvalue weighted by Crippen LogP contribution is 2.42. The molecule has 0 aliphatic heterocycles. The Bertz CT molecular complexity index is 658. The van der Waals surface area contributed by atoms with Crippen LogP contribution in [0.2, 0.25) is 0 Å². The second kappa shape index (κ2) is 7.34. The van der Waals surface area contributed by atoms with Gasteiger partial charge in [0.15, 0.2) is 0 Å². The number of esters is 1. The molecule has 1 heterocycles. The number of rotatable bonds is 6. The molecule has 1 aliphatic carbocycles. The number of carbonyl (C=O) groups excluding carboxylic acids is 2. The molecule has 2 rings (SSSR count). The molecule has 0 spiro atoms. The smallest absolute Gasteiger partial charge is 0.341 e. The second-order valence-electron chi connectivity index (χ2n) is 6.23. The molecule has 0 bridgehead atoms. The molecule has 1 amide bonds. The lowest BCUT2D eigenvalue weighted by atomic mass is 9.82. The maximum atomic E-state index is 12.4. The molecular weight excluding hydrogens is 330 g/mol. The maximum absolute atomic E-state index is 12.4. The molecular formula is C17H23NO5S. The number of carboxylic acid groups (broad SMARTS) is 1. The van der Waals surface area contributed by atoms with Crippen LogP contribution in [0.25, 0.3) is 0 Å². The van der Waals surface area contributed by atoms with E-state index in [1.54, 1.807) is 6.92 Å². The van der Waals surface area contributed by atoms with Gasteiger partial charge in [-0.1, -0.05) is 12.8 Å². The minimum atomic E-state index is -0.977. The van der Waals surface area contributed by atoms with Crippen molar-refractivity contribution >= 4 is 34.2 Å². The fourth-order valence-electron chi connectivity index (χ4n) is 3.16. The predicted octanol–water partition coefficient (Wildman–Crippen LogP) is 3.52. The summed E-state index contributed by atoms with van der Waals surface area (Å²) in [5.74, 6) is -1.76. The fourth-order valence-corrected chi connectivity index (χ4v) is 4.22. The van der Waals surface area contributed by atoms with Crippen molar-refractivity contribution in [1.82, 2.24) is 0 Å². The van der Waals surface area contributed by atoms with Gasteiger partial charge in [-0.05, 0) is 39.2 Å². The first-order valence-corrected chi connectivity index (χ1v) is 8.92. The van der Waals surface area contributed by atoms with Crippen LogP contribution in [-0.2, 0) is 14.3 Å². The number of carboxylic acids is 1. The molecule has 24 heavy (non-hydrogen) atoms. The number of anilines is 1. The Morgan fingerprint density at radius 3 is 2.42 bits per heavy atom. The minimum absolute atomic E-state index is 0.0689. The molecule has 0 radical (unpaired) electrons. The van der Waals surface area contributed by atoms with Crippen LogP contribution in [0, 0.1) is 19.3 Å². The van der Waals surface area contributed by atoms with Gasteiger partial charge in [-0.25, -0.2) is 4.79 Å². The van der Waals surface area contributed by atoms with Crippen molar-refractivity contribution in [3.05, 3.63) is 16.0 Å². The van der Waals surface area contributed by atoms with Crippen LogP contribution in [0.3, 0.4) is 0 Å². The lowest BCUT2D eigenvalue weighted by Crippen LogP contribution is -2.32.